The molecular weight excluding hydrogens is 1230 g/mol. The maximum absolute atomic E-state index is 14.3. The fourth-order valence-electron chi connectivity index (χ4n) is 15.0. The fraction of sp³-hybridized carbons (Fsp3) is 0.549. The van der Waals surface area contributed by atoms with Gasteiger partial charge < -0.3 is 83.1 Å². The van der Waals surface area contributed by atoms with Crippen LogP contribution in [-0.2, 0) is 74.8 Å². The van der Waals surface area contributed by atoms with E-state index in [0.717, 1.165) is 60.9 Å². The lowest BCUT2D eigenvalue weighted by atomic mass is 9.65. The molecule has 24 nitrogen and oxygen atoms in total. The van der Waals surface area contributed by atoms with Gasteiger partial charge in [-0.15, -0.1) is 0 Å². The van der Waals surface area contributed by atoms with Crippen LogP contribution in [0.4, 0.5) is 5.69 Å². The normalized spacial score (nSPS) is 25.1. The molecule has 5 heterocycles. The molecule has 5 aliphatic heterocycles. The van der Waals surface area contributed by atoms with Gasteiger partial charge in [0.05, 0.1) is 114 Å². The number of carbonyl (C=O) groups is 6. The molecule has 12 rings (SSSR count). The number of piperidine rings is 1. The number of fused-ring (bicyclic) bond motifs is 8. The zero-order valence-corrected chi connectivity index (χ0v) is 54.1. The molecule has 1 saturated carbocycles. The van der Waals surface area contributed by atoms with Gasteiger partial charge in [-0.1, -0.05) is 54.3 Å². The Labute approximate surface area is 552 Å². The number of para-hydroxylation sites is 1. The number of rotatable bonds is 24. The number of nitrogens with zero attached hydrogens (tertiary/aromatic N) is 3. The van der Waals surface area contributed by atoms with Gasteiger partial charge in [-0.2, -0.15) is 0 Å². The molecule has 5 fully saturated rings. The van der Waals surface area contributed by atoms with Crippen LogP contribution in [0, 0.1) is 23.2 Å². The van der Waals surface area contributed by atoms with E-state index in [0.29, 0.717) is 59.2 Å². The first-order valence-corrected chi connectivity index (χ1v) is 33.2. The van der Waals surface area contributed by atoms with E-state index in [2.05, 4.69) is 27.4 Å². The van der Waals surface area contributed by atoms with Gasteiger partial charge in [0.15, 0.2) is 24.6 Å². The number of aromatic hydroxyl groups is 2. The number of anilines is 1. The predicted molar refractivity (Wildman–Crippen MR) is 340 cm³/mol. The summed E-state index contributed by atoms with van der Waals surface area (Å²) in [6, 6.07) is 19.8. The lowest BCUT2D eigenvalue weighted by Crippen LogP contribution is -2.55. The minimum atomic E-state index is -2.25. The highest BCUT2D eigenvalue weighted by atomic mass is 16.7. The highest BCUT2D eigenvalue weighted by Crippen LogP contribution is 2.53. The number of methoxy groups -OCH3 is 2. The number of phenols is 2. The van der Waals surface area contributed by atoms with E-state index >= 15 is 0 Å². The van der Waals surface area contributed by atoms with E-state index in [1.165, 1.54) is 25.3 Å². The number of hydrogen-bond acceptors (Lipinski definition) is 20. The average Bonchev–Trinajstić information content (AvgIpc) is 1.15. The van der Waals surface area contributed by atoms with Gasteiger partial charge in [-0.05, 0) is 80.7 Å². The molecule has 0 aromatic heterocycles. The minimum absolute atomic E-state index is 0.000492. The lowest BCUT2D eigenvalue weighted by Gasteiger charge is -2.45. The Morgan fingerprint density at radius 2 is 1.40 bits per heavy atom. The van der Waals surface area contributed by atoms with Crippen molar-refractivity contribution in [3.05, 3.63) is 117 Å². The van der Waals surface area contributed by atoms with Crippen LogP contribution in [0.1, 0.15) is 137 Å². The first kappa shape index (κ1) is 67.6. The summed E-state index contributed by atoms with van der Waals surface area (Å²) in [6.45, 7) is 6.82. The molecule has 508 valence electrons. The lowest BCUT2D eigenvalue weighted by molar-refractivity contribution is -0.256. The number of benzene rings is 4. The van der Waals surface area contributed by atoms with Crippen molar-refractivity contribution < 1.29 is 91.5 Å². The van der Waals surface area contributed by atoms with Gasteiger partial charge in [0.2, 0.25) is 23.5 Å². The van der Waals surface area contributed by atoms with E-state index in [4.69, 9.17) is 47.4 Å². The smallest absolute Gasteiger partial charge is 0.252 e. The van der Waals surface area contributed by atoms with Crippen LogP contribution in [0.15, 0.2) is 66.7 Å². The summed E-state index contributed by atoms with van der Waals surface area (Å²) in [5.41, 5.74) is 0.105. The zero-order valence-electron chi connectivity index (χ0n) is 54.1. The van der Waals surface area contributed by atoms with Gasteiger partial charge in [0.1, 0.15) is 29.0 Å². The first-order chi connectivity index (χ1) is 46.1. The van der Waals surface area contributed by atoms with Crippen LogP contribution < -0.4 is 20.3 Å². The Bertz CT molecular complexity index is 3570. The van der Waals surface area contributed by atoms with Gasteiger partial charge in [-0.3, -0.25) is 33.7 Å². The Morgan fingerprint density at radius 1 is 0.716 bits per heavy atom. The summed E-state index contributed by atoms with van der Waals surface area (Å²) in [5, 5.41) is 42.3. The number of amides is 4. The van der Waals surface area contributed by atoms with Crippen molar-refractivity contribution in [2.45, 2.75) is 133 Å². The highest BCUT2D eigenvalue weighted by molar-refractivity contribution is 6.31. The molecule has 0 bridgehead atoms. The van der Waals surface area contributed by atoms with E-state index in [1.807, 2.05) is 60.4 Å². The maximum atomic E-state index is 14.3. The second-order valence-corrected chi connectivity index (χ2v) is 25.8. The first-order valence-electron chi connectivity index (χ1n) is 33.2. The summed E-state index contributed by atoms with van der Waals surface area (Å²) in [6.07, 6.45) is 0.691. The summed E-state index contributed by atoms with van der Waals surface area (Å²) in [7, 11) is 2.89. The van der Waals surface area contributed by atoms with Gasteiger partial charge in [-0.25, -0.2) is 0 Å². The van der Waals surface area contributed by atoms with Gasteiger partial charge >= 0.3 is 0 Å². The summed E-state index contributed by atoms with van der Waals surface area (Å²) in [4.78, 5) is 88.5. The number of phenolic OH excluding ortho intramolecular Hbond substituents is 2. The number of nitrogens with one attached hydrogen (secondary N) is 2. The van der Waals surface area contributed by atoms with Crippen LogP contribution in [0.3, 0.4) is 0 Å². The van der Waals surface area contributed by atoms with E-state index in [1.54, 1.807) is 12.0 Å². The van der Waals surface area contributed by atoms with Crippen molar-refractivity contribution in [3.63, 3.8) is 0 Å². The Kier molecular flexibility index (Phi) is 21.3. The highest BCUT2D eigenvalue weighted by Gasteiger charge is 2.56. The Morgan fingerprint density at radius 3 is 2.14 bits per heavy atom. The van der Waals surface area contributed by atoms with Crippen molar-refractivity contribution in [2.24, 2.45) is 11.3 Å². The predicted octanol–water partition coefficient (Wildman–Crippen LogP) is 4.97. The maximum Gasteiger partial charge on any atom is 0.252 e. The van der Waals surface area contributed by atoms with Crippen LogP contribution in [0.5, 0.6) is 17.2 Å². The molecule has 4 saturated heterocycles. The molecule has 3 aliphatic carbocycles. The minimum Gasteiger partial charge on any atom is -0.507 e. The van der Waals surface area contributed by atoms with Crippen molar-refractivity contribution >= 4 is 40.9 Å². The summed E-state index contributed by atoms with van der Waals surface area (Å²) < 4.78 is 58.9. The zero-order chi connectivity index (χ0) is 66.4. The standard InChI is InChI=1S/C71H85N5O19/c1-43-65-51(75-29-32-92-68(87-3)67(75)95-65)39-56(93-43)94-53-41-71(85,40-49-58(53)64(82)60-59(62(49)80)61(79)48-12-8-14-52(86-2)57(48)63(60)81)69(84)73-26-31-89-34-36-91-38-37-90-35-33-88-30-20-54(77)74-27-23-70(24-28-74)21-17-46(18-22-70)66(83)72-25-19-55(78)76-42-47-11-5-4-9-44(47)15-16-45-10-6-7-13-50(45)76/h4-14,43,46,51,53,56,65,67-68,80,82,85H,17-42H2,1-3H3,(H,72,83)(H,73,84). The molecule has 8 atom stereocenters. The number of carbonyl (C=O) groups excluding carboxylic acids is 6. The molecule has 24 heteroatoms. The molecular formula is C71H85N5O19. The van der Waals surface area contributed by atoms with Crippen LogP contribution in [-0.4, -0.2) is 209 Å². The monoisotopic (exact) mass is 1310 g/mol. The Hall–Kier alpha value is -7.38. The number of aliphatic hydroxyl groups is 1. The summed E-state index contributed by atoms with van der Waals surface area (Å²) >= 11 is 0. The van der Waals surface area contributed by atoms with Crippen LogP contribution in [0.2, 0.25) is 0 Å². The topological polar surface area (TPSA) is 289 Å². The van der Waals surface area contributed by atoms with Gasteiger partial charge in [0.25, 0.3) is 5.91 Å². The quantitative estimate of drug-likeness (QED) is 0.0309. The fourth-order valence-corrected chi connectivity index (χ4v) is 15.0. The third-order valence-corrected chi connectivity index (χ3v) is 20.1. The number of morpholine rings is 1. The molecule has 95 heavy (non-hydrogen) atoms. The second-order valence-electron chi connectivity index (χ2n) is 25.8. The van der Waals surface area contributed by atoms with Gasteiger partial charge in [0, 0.05) is 105 Å². The van der Waals surface area contributed by atoms with Crippen LogP contribution in [0.25, 0.3) is 0 Å². The van der Waals surface area contributed by atoms with Crippen molar-refractivity contribution in [2.75, 3.05) is 111 Å². The molecule has 1 spiro atoms. The van der Waals surface area contributed by atoms with E-state index in [9.17, 15) is 44.1 Å². The number of likely N-dealkylation sites (tertiary alicyclic amines) is 1. The largest absolute Gasteiger partial charge is 0.507 e. The number of hydrogen-bond donors (Lipinski definition) is 5. The number of ether oxygens (including phenoxy) is 10. The molecule has 0 radical (unpaired) electrons. The van der Waals surface area contributed by atoms with E-state index < -0.39 is 89.6 Å². The average molecular weight is 1310 g/mol. The molecule has 4 aromatic carbocycles. The third kappa shape index (κ3) is 14.4. The number of ketones is 2. The van der Waals surface area contributed by atoms with E-state index in [-0.39, 0.29) is 128 Å². The molecule has 4 amide bonds. The van der Waals surface area contributed by atoms with Crippen LogP contribution >= 0.6 is 0 Å². The van der Waals surface area contributed by atoms with Crippen molar-refractivity contribution in [3.8, 4) is 29.1 Å². The third-order valence-electron chi connectivity index (χ3n) is 20.1. The SMILES string of the molecule is COc1cccc2c1C(=O)c1c(O)c3c(c(O)c1C2=O)CC(O)(C(=O)NCCOCCOCCOCCOCCC(=O)N1CCC2(CCC(C(=O)NCCC(=O)N4Cc5ccccc5C#Cc5ccccc54)CC2)CC1)CC3OC1CC2C(OC3C(OC)OCCN23)C(C)O1. The Balaban J connectivity index is 0.526. The molecule has 8 unspecified atom stereocenters. The summed E-state index contributed by atoms with van der Waals surface area (Å²) in [5.74, 6) is 2.85. The van der Waals surface area contributed by atoms with Crippen molar-refractivity contribution in [1.82, 2.24) is 20.4 Å². The molecule has 8 aliphatic rings. The molecule has 4 aromatic rings. The molecule has 5 N–H and O–H groups in total. The second kappa shape index (κ2) is 29.9. The van der Waals surface area contributed by atoms with Crippen molar-refractivity contribution in [1.29, 1.82) is 0 Å².